The van der Waals surface area contributed by atoms with Crippen LogP contribution in [0.5, 0.6) is 11.5 Å². The van der Waals surface area contributed by atoms with E-state index in [1.54, 1.807) is 36.4 Å². The van der Waals surface area contributed by atoms with E-state index in [4.69, 9.17) is 14.7 Å². The largest absolute Gasteiger partial charge is 0.495 e. The third kappa shape index (κ3) is 4.43. The number of carbonyl (C=O) groups excluding carboxylic acids is 1. The molecule has 0 atom stereocenters. The minimum Gasteiger partial charge on any atom is -0.495 e. The minimum absolute atomic E-state index is 0.0153. The third-order valence-corrected chi connectivity index (χ3v) is 4.72. The lowest BCUT2D eigenvalue weighted by molar-refractivity contribution is -0.115. The van der Waals surface area contributed by atoms with Crippen molar-refractivity contribution in [1.82, 2.24) is 0 Å². The number of methoxy groups -OCH3 is 2. The molecular weight excluding hydrogens is 358 g/mol. The van der Waals surface area contributed by atoms with Crippen LogP contribution in [0, 0.1) is 11.3 Å². The number of anilines is 2. The second-order valence-corrected chi connectivity index (χ2v) is 6.71. The maximum Gasteiger partial charge on any atom is 0.265 e. The fourth-order valence-corrected chi connectivity index (χ4v) is 3.39. The maximum atomic E-state index is 12.7. The molecule has 26 heavy (non-hydrogen) atoms. The van der Waals surface area contributed by atoms with Gasteiger partial charge in [0, 0.05) is 17.8 Å². The van der Waals surface area contributed by atoms with Crippen molar-refractivity contribution < 1.29 is 22.7 Å². The van der Waals surface area contributed by atoms with Crippen molar-refractivity contribution in [2.75, 3.05) is 24.3 Å². The Morgan fingerprint density at radius 3 is 2.35 bits per heavy atom. The first-order chi connectivity index (χ1) is 12.4. The van der Waals surface area contributed by atoms with Crippen LogP contribution in [0.3, 0.4) is 0 Å². The fourth-order valence-electron chi connectivity index (χ4n) is 2.16. The SMILES string of the molecule is COc1cc(S(=O)(=O)Nc2ccccc2)c(OC)cc1NC(=O)CC#N. The summed E-state index contributed by atoms with van der Waals surface area (Å²) < 4.78 is 38.2. The fraction of sp³-hybridized carbons (Fsp3) is 0.176. The van der Waals surface area contributed by atoms with E-state index in [1.165, 1.54) is 26.4 Å². The van der Waals surface area contributed by atoms with Gasteiger partial charge in [0.2, 0.25) is 5.91 Å². The molecule has 0 bridgehead atoms. The van der Waals surface area contributed by atoms with Crippen molar-refractivity contribution in [3.8, 4) is 17.6 Å². The normalized spacial score (nSPS) is 10.5. The summed E-state index contributed by atoms with van der Waals surface area (Å²) in [7, 11) is -1.32. The van der Waals surface area contributed by atoms with Gasteiger partial charge in [0.25, 0.3) is 10.0 Å². The molecule has 0 heterocycles. The topological polar surface area (TPSA) is 118 Å². The highest BCUT2D eigenvalue weighted by Crippen LogP contribution is 2.36. The molecule has 1 amide bonds. The van der Waals surface area contributed by atoms with Crippen LogP contribution < -0.4 is 19.5 Å². The number of nitrogens with one attached hydrogen (secondary N) is 2. The molecule has 0 aromatic heterocycles. The standard InChI is InChI=1S/C17H17N3O5S/c1-24-14-11-16(26(22,23)20-12-6-4-3-5-7-12)15(25-2)10-13(14)19-17(21)8-9-18/h3-7,10-11,20H,8H2,1-2H3,(H,19,21). The lowest BCUT2D eigenvalue weighted by atomic mass is 10.2. The molecule has 0 saturated heterocycles. The highest BCUT2D eigenvalue weighted by molar-refractivity contribution is 7.92. The predicted octanol–water partition coefficient (Wildman–Crippen LogP) is 2.36. The number of para-hydroxylation sites is 1. The smallest absolute Gasteiger partial charge is 0.265 e. The predicted molar refractivity (Wildman–Crippen MR) is 95.7 cm³/mol. The molecule has 0 aliphatic rings. The number of benzene rings is 2. The highest BCUT2D eigenvalue weighted by atomic mass is 32.2. The molecule has 8 nitrogen and oxygen atoms in total. The molecule has 0 unspecified atom stereocenters. The summed E-state index contributed by atoms with van der Waals surface area (Å²) in [5.41, 5.74) is 0.586. The van der Waals surface area contributed by atoms with E-state index in [9.17, 15) is 13.2 Å². The van der Waals surface area contributed by atoms with Crippen molar-refractivity contribution in [2.45, 2.75) is 11.3 Å². The Bertz CT molecular complexity index is 937. The number of carbonyl (C=O) groups is 1. The van der Waals surface area contributed by atoms with Gasteiger partial charge in [0.15, 0.2) is 0 Å². The molecule has 2 aromatic carbocycles. The van der Waals surface area contributed by atoms with Gasteiger partial charge in [0.1, 0.15) is 22.8 Å². The summed E-state index contributed by atoms with van der Waals surface area (Å²) in [4.78, 5) is 11.5. The van der Waals surface area contributed by atoms with Crippen molar-refractivity contribution in [3.05, 3.63) is 42.5 Å². The monoisotopic (exact) mass is 375 g/mol. The van der Waals surface area contributed by atoms with Crippen LogP contribution >= 0.6 is 0 Å². The Labute approximate surface area is 151 Å². The molecule has 2 N–H and O–H groups in total. The molecule has 0 aliphatic heterocycles. The first-order valence-electron chi connectivity index (χ1n) is 7.42. The first kappa shape index (κ1) is 19.1. The Kier molecular flexibility index (Phi) is 6.03. The van der Waals surface area contributed by atoms with Gasteiger partial charge in [-0.1, -0.05) is 18.2 Å². The second kappa shape index (κ2) is 8.22. The maximum absolute atomic E-state index is 12.7. The minimum atomic E-state index is -3.96. The van der Waals surface area contributed by atoms with Crippen LogP contribution in [-0.2, 0) is 14.8 Å². The molecule has 136 valence electrons. The van der Waals surface area contributed by atoms with Gasteiger partial charge >= 0.3 is 0 Å². The Morgan fingerprint density at radius 2 is 1.77 bits per heavy atom. The summed E-state index contributed by atoms with van der Waals surface area (Å²) in [6, 6.07) is 12.7. The molecule has 0 fully saturated rings. The number of amides is 1. The number of rotatable bonds is 7. The van der Waals surface area contributed by atoms with Crippen LogP contribution in [0.15, 0.2) is 47.4 Å². The molecule has 2 rings (SSSR count). The number of hydrogen-bond acceptors (Lipinski definition) is 6. The summed E-state index contributed by atoms with van der Waals surface area (Å²) in [6.07, 6.45) is -0.346. The lowest BCUT2D eigenvalue weighted by Crippen LogP contribution is -2.16. The van der Waals surface area contributed by atoms with E-state index < -0.39 is 15.9 Å². The average Bonchev–Trinajstić information content (AvgIpc) is 2.61. The molecule has 0 aliphatic carbocycles. The van der Waals surface area contributed by atoms with Gasteiger partial charge in [-0.2, -0.15) is 5.26 Å². The lowest BCUT2D eigenvalue weighted by Gasteiger charge is -2.16. The van der Waals surface area contributed by atoms with Gasteiger partial charge in [-0.25, -0.2) is 8.42 Å². The molecule has 9 heteroatoms. The van der Waals surface area contributed by atoms with E-state index in [2.05, 4.69) is 10.0 Å². The van der Waals surface area contributed by atoms with E-state index in [1.807, 2.05) is 0 Å². The van der Waals surface area contributed by atoms with Gasteiger partial charge in [-0.3, -0.25) is 9.52 Å². The summed E-state index contributed by atoms with van der Waals surface area (Å²) in [5, 5.41) is 11.1. The van der Waals surface area contributed by atoms with Crippen molar-refractivity contribution in [2.24, 2.45) is 0 Å². The van der Waals surface area contributed by atoms with Crippen LogP contribution in [0.25, 0.3) is 0 Å². The van der Waals surface area contributed by atoms with Gasteiger partial charge < -0.3 is 14.8 Å². The van der Waals surface area contributed by atoms with E-state index >= 15 is 0 Å². The van der Waals surface area contributed by atoms with E-state index in [0.29, 0.717) is 5.69 Å². The Balaban J connectivity index is 2.45. The zero-order valence-electron chi connectivity index (χ0n) is 14.1. The van der Waals surface area contributed by atoms with Gasteiger partial charge in [-0.15, -0.1) is 0 Å². The van der Waals surface area contributed by atoms with Crippen molar-refractivity contribution >= 4 is 27.3 Å². The second-order valence-electron chi connectivity index (χ2n) is 5.06. The summed E-state index contributed by atoms with van der Waals surface area (Å²) >= 11 is 0. The van der Waals surface area contributed by atoms with Crippen LogP contribution in [0.1, 0.15) is 6.42 Å². The number of nitriles is 1. The molecule has 0 spiro atoms. The van der Waals surface area contributed by atoms with Crippen LogP contribution in [-0.4, -0.2) is 28.5 Å². The third-order valence-electron chi connectivity index (χ3n) is 3.31. The molecule has 2 aromatic rings. The van der Waals surface area contributed by atoms with Crippen LogP contribution in [0.2, 0.25) is 0 Å². The molecular formula is C17H17N3O5S. The zero-order chi connectivity index (χ0) is 19.2. The summed E-state index contributed by atoms with van der Waals surface area (Å²) in [5.74, 6) is -0.419. The first-order valence-corrected chi connectivity index (χ1v) is 8.90. The number of hydrogen-bond donors (Lipinski definition) is 2. The van der Waals surface area contributed by atoms with E-state index in [0.717, 1.165) is 0 Å². The molecule has 0 saturated carbocycles. The van der Waals surface area contributed by atoms with E-state index in [-0.39, 0.29) is 28.5 Å². The van der Waals surface area contributed by atoms with Crippen LogP contribution in [0.4, 0.5) is 11.4 Å². The number of nitrogens with zero attached hydrogens (tertiary/aromatic N) is 1. The number of ether oxygens (including phenoxy) is 2. The Morgan fingerprint density at radius 1 is 1.12 bits per heavy atom. The molecule has 0 radical (unpaired) electrons. The quantitative estimate of drug-likeness (QED) is 0.767. The summed E-state index contributed by atoms with van der Waals surface area (Å²) in [6.45, 7) is 0. The highest BCUT2D eigenvalue weighted by Gasteiger charge is 2.23. The van der Waals surface area contributed by atoms with Crippen molar-refractivity contribution in [3.63, 3.8) is 0 Å². The zero-order valence-corrected chi connectivity index (χ0v) is 15.0. The van der Waals surface area contributed by atoms with Gasteiger partial charge in [0.05, 0.1) is 26.0 Å². The van der Waals surface area contributed by atoms with Crippen molar-refractivity contribution in [1.29, 1.82) is 5.26 Å². The number of sulfonamides is 1. The van der Waals surface area contributed by atoms with Gasteiger partial charge in [-0.05, 0) is 12.1 Å². The Hall–Kier alpha value is -3.25. The average molecular weight is 375 g/mol.